The van der Waals surface area contributed by atoms with Crippen LogP contribution in [0.5, 0.6) is 0 Å². The Kier molecular flexibility index (Phi) is 5.86. The van der Waals surface area contributed by atoms with Gasteiger partial charge in [0, 0.05) is 5.56 Å². The van der Waals surface area contributed by atoms with Gasteiger partial charge < -0.3 is 0 Å². The highest BCUT2D eigenvalue weighted by Gasteiger charge is 2.06. The summed E-state index contributed by atoms with van der Waals surface area (Å²) in [5, 5.41) is 0. The molecular formula is C13H20O. The molecule has 78 valence electrons. The van der Waals surface area contributed by atoms with Crippen molar-refractivity contribution in [3.8, 4) is 0 Å². The highest BCUT2D eigenvalue weighted by Crippen LogP contribution is 2.20. The van der Waals surface area contributed by atoms with Crippen molar-refractivity contribution in [1.82, 2.24) is 0 Å². The van der Waals surface area contributed by atoms with Gasteiger partial charge in [0.2, 0.25) is 0 Å². The van der Waals surface area contributed by atoms with E-state index in [0.717, 1.165) is 23.0 Å². The largest absolute Gasteiger partial charge is 0.298 e. The summed E-state index contributed by atoms with van der Waals surface area (Å²) in [5.41, 5.74) is 3.06. The predicted octanol–water partition coefficient (Wildman–Crippen LogP) is 3.96. The first-order chi connectivity index (χ1) is 6.66. The lowest BCUT2D eigenvalue weighted by atomic mass is 9.95. The fourth-order valence-electron chi connectivity index (χ4n) is 1.37. The summed E-state index contributed by atoms with van der Waals surface area (Å²) in [6.07, 6.45) is 0.949. The van der Waals surface area contributed by atoms with Gasteiger partial charge >= 0.3 is 0 Å². The van der Waals surface area contributed by atoms with Crippen LogP contribution in [0.15, 0.2) is 18.2 Å². The molecule has 0 radical (unpaired) electrons. The van der Waals surface area contributed by atoms with Gasteiger partial charge in [-0.15, -0.1) is 0 Å². The lowest BCUT2D eigenvalue weighted by Crippen LogP contribution is -1.97. The van der Waals surface area contributed by atoms with E-state index in [1.165, 1.54) is 0 Å². The molecule has 0 atom stereocenters. The monoisotopic (exact) mass is 192 g/mol. The Labute approximate surface area is 87.2 Å². The van der Waals surface area contributed by atoms with E-state index in [4.69, 9.17) is 0 Å². The van der Waals surface area contributed by atoms with Gasteiger partial charge in [-0.05, 0) is 24.0 Å². The Bertz CT molecular complexity index is 287. The number of aryl methyl sites for hydroxylation is 1. The number of aldehydes is 1. The Morgan fingerprint density at radius 2 is 1.79 bits per heavy atom. The van der Waals surface area contributed by atoms with Crippen molar-refractivity contribution < 1.29 is 4.79 Å². The molecule has 1 heteroatoms. The van der Waals surface area contributed by atoms with Gasteiger partial charge in [-0.1, -0.05) is 45.9 Å². The van der Waals surface area contributed by atoms with Crippen molar-refractivity contribution in [2.45, 2.75) is 40.5 Å². The molecule has 0 aliphatic rings. The standard InChI is InChI=1S/C11H14O.C2H6/c1-8(2)10-6-4-5-9(3)11(10)7-12;1-2/h4-8H,1-3H3;1-2H3. The Hall–Kier alpha value is -1.11. The number of hydrogen-bond donors (Lipinski definition) is 0. The van der Waals surface area contributed by atoms with E-state index < -0.39 is 0 Å². The first kappa shape index (κ1) is 12.9. The summed E-state index contributed by atoms with van der Waals surface area (Å²) in [5.74, 6) is 0.421. The lowest BCUT2D eigenvalue weighted by molar-refractivity contribution is 0.112. The Morgan fingerprint density at radius 1 is 1.21 bits per heavy atom. The fourth-order valence-corrected chi connectivity index (χ4v) is 1.37. The SMILES string of the molecule is CC.Cc1cccc(C(C)C)c1C=O. The van der Waals surface area contributed by atoms with Gasteiger partial charge in [0.25, 0.3) is 0 Å². The molecule has 0 aromatic heterocycles. The molecule has 0 bridgehead atoms. The van der Waals surface area contributed by atoms with Gasteiger partial charge in [0.15, 0.2) is 6.29 Å². The van der Waals surface area contributed by atoms with Crippen LogP contribution in [0.4, 0.5) is 0 Å². The fraction of sp³-hybridized carbons (Fsp3) is 0.462. The van der Waals surface area contributed by atoms with Crippen molar-refractivity contribution in [2.24, 2.45) is 0 Å². The van der Waals surface area contributed by atoms with Crippen LogP contribution in [0.3, 0.4) is 0 Å². The van der Waals surface area contributed by atoms with Crippen LogP contribution in [-0.4, -0.2) is 6.29 Å². The van der Waals surface area contributed by atoms with Crippen LogP contribution in [-0.2, 0) is 0 Å². The third-order valence-corrected chi connectivity index (χ3v) is 2.10. The van der Waals surface area contributed by atoms with Crippen LogP contribution < -0.4 is 0 Å². The molecule has 0 saturated heterocycles. The summed E-state index contributed by atoms with van der Waals surface area (Å²) < 4.78 is 0. The van der Waals surface area contributed by atoms with Crippen molar-refractivity contribution in [3.63, 3.8) is 0 Å². The van der Waals surface area contributed by atoms with Crippen LogP contribution in [0.1, 0.15) is 55.1 Å². The van der Waals surface area contributed by atoms with E-state index in [1.54, 1.807) is 0 Å². The van der Waals surface area contributed by atoms with Gasteiger partial charge in [-0.25, -0.2) is 0 Å². The van der Waals surface area contributed by atoms with Gasteiger partial charge in [-0.2, -0.15) is 0 Å². The van der Waals surface area contributed by atoms with Crippen molar-refractivity contribution in [1.29, 1.82) is 0 Å². The van der Waals surface area contributed by atoms with Gasteiger partial charge in [0.1, 0.15) is 0 Å². The van der Waals surface area contributed by atoms with Gasteiger partial charge in [0.05, 0.1) is 0 Å². The highest BCUT2D eigenvalue weighted by atomic mass is 16.1. The average Bonchev–Trinajstić information content (AvgIpc) is 2.20. The maximum Gasteiger partial charge on any atom is 0.150 e. The molecule has 0 saturated carbocycles. The third kappa shape index (κ3) is 2.99. The molecule has 0 unspecified atom stereocenters. The van der Waals surface area contributed by atoms with E-state index in [0.29, 0.717) is 5.92 Å². The molecule has 14 heavy (non-hydrogen) atoms. The second-order valence-corrected chi connectivity index (χ2v) is 3.35. The summed E-state index contributed by atoms with van der Waals surface area (Å²) in [6, 6.07) is 5.98. The normalized spacial score (nSPS) is 9.29. The van der Waals surface area contributed by atoms with E-state index >= 15 is 0 Å². The molecule has 1 aromatic rings. The summed E-state index contributed by atoms with van der Waals surface area (Å²) in [7, 11) is 0. The molecule has 0 N–H and O–H groups in total. The first-order valence-electron chi connectivity index (χ1n) is 5.21. The number of carbonyl (C=O) groups is 1. The maximum absolute atomic E-state index is 10.8. The Morgan fingerprint density at radius 3 is 2.14 bits per heavy atom. The summed E-state index contributed by atoms with van der Waals surface area (Å²) >= 11 is 0. The average molecular weight is 192 g/mol. The van der Waals surface area contributed by atoms with Crippen molar-refractivity contribution >= 4 is 6.29 Å². The highest BCUT2D eigenvalue weighted by molar-refractivity contribution is 5.79. The van der Waals surface area contributed by atoms with Crippen molar-refractivity contribution in [3.05, 3.63) is 34.9 Å². The predicted molar refractivity (Wildman–Crippen MR) is 62.0 cm³/mol. The molecule has 0 aliphatic heterocycles. The third-order valence-electron chi connectivity index (χ3n) is 2.10. The number of benzene rings is 1. The molecule has 0 spiro atoms. The second kappa shape index (κ2) is 6.36. The van der Waals surface area contributed by atoms with Gasteiger partial charge in [-0.3, -0.25) is 4.79 Å². The number of hydrogen-bond acceptors (Lipinski definition) is 1. The lowest BCUT2D eigenvalue weighted by Gasteiger charge is -2.09. The molecule has 0 aliphatic carbocycles. The van der Waals surface area contributed by atoms with Crippen molar-refractivity contribution in [2.75, 3.05) is 0 Å². The van der Waals surface area contributed by atoms with Crippen LogP contribution >= 0.6 is 0 Å². The van der Waals surface area contributed by atoms with Crippen LogP contribution in [0.25, 0.3) is 0 Å². The van der Waals surface area contributed by atoms with E-state index in [-0.39, 0.29) is 0 Å². The molecule has 1 aromatic carbocycles. The number of rotatable bonds is 2. The number of carbonyl (C=O) groups excluding carboxylic acids is 1. The summed E-state index contributed by atoms with van der Waals surface area (Å²) in [4.78, 5) is 10.8. The minimum absolute atomic E-state index is 0.421. The molecule has 0 heterocycles. The van der Waals surface area contributed by atoms with E-state index in [2.05, 4.69) is 13.8 Å². The smallest absolute Gasteiger partial charge is 0.150 e. The zero-order valence-corrected chi connectivity index (χ0v) is 9.79. The first-order valence-corrected chi connectivity index (χ1v) is 5.21. The van der Waals surface area contributed by atoms with Crippen LogP contribution in [0.2, 0.25) is 0 Å². The minimum Gasteiger partial charge on any atom is -0.298 e. The molecular weight excluding hydrogens is 172 g/mol. The molecule has 1 nitrogen and oxygen atoms in total. The summed E-state index contributed by atoms with van der Waals surface area (Å²) in [6.45, 7) is 10.2. The quantitative estimate of drug-likeness (QED) is 0.648. The van der Waals surface area contributed by atoms with E-state index in [9.17, 15) is 4.79 Å². The molecule has 0 fully saturated rings. The Balaban J connectivity index is 0.000000791. The molecule has 1 rings (SSSR count). The zero-order valence-electron chi connectivity index (χ0n) is 9.79. The zero-order chi connectivity index (χ0) is 11.1. The second-order valence-electron chi connectivity index (χ2n) is 3.35. The molecule has 0 amide bonds. The maximum atomic E-state index is 10.8. The minimum atomic E-state index is 0.421. The van der Waals surface area contributed by atoms with Crippen LogP contribution in [0, 0.1) is 6.92 Å². The van der Waals surface area contributed by atoms with E-state index in [1.807, 2.05) is 39.0 Å². The topological polar surface area (TPSA) is 17.1 Å².